The van der Waals surface area contributed by atoms with Gasteiger partial charge in [-0.25, -0.2) is 4.79 Å². The van der Waals surface area contributed by atoms with Crippen molar-refractivity contribution in [1.82, 2.24) is 0 Å². The molecule has 3 aromatic rings. The molecule has 0 unspecified atom stereocenters. The molecular formula is C26H23BrO3. The Balaban J connectivity index is 1.62. The van der Waals surface area contributed by atoms with Crippen molar-refractivity contribution < 1.29 is 14.3 Å². The normalized spacial score (nSPS) is 11.5. The molecular weight excluding hydrogens is 440 g/mol. The van der Waals surface area contributed by atoms with Gasteiger partial charge in [0.1, 0.15) is 5.75 Å². The molecule has 152 valence electrons. The van der Waals surface area contributed by atoms with Crippen molar-refractivity contribution in [2.24, 2.45) is 0 Å². The van der Waals surface area contributed by atoms with Crippen LogP contribution in [0.5, 0.6) is 5.75 Å². The number of hydrogen-bond acceptors (Lipinski definition) is 3. The molecule has 0 atom stereocenters. The van der Waals surface area contributed by atoms with Crippen molar-refractivity contribution in [2.45, 2.75) is 26.2 Å². The van der Waals surface area contributed by atoms with Crippen LogP contribution in [0, 0.1) is 0 Å². The van der Waals surface area contributed by atoms with Crippen LogP contribution in [0.1, 0.15) is 52.6 Å². The molecule has 3 rings (SSSR count). The quantitative estimate of drug-likeness (QED) is 0.180. The predicted molar refractivity (Wildman–Crippen MR) is 124 cm³/mol. The summed E-state index contributed by atoms with van der Waals surface area (Å²) in [6.07, 6.45) is 3.27. The molecule has 0 aliphatic carbocycles. The SMILES string of the molecule is CC(C)(C)c1ccc(C(=O)Oc2ccc(/C=C/C(=O)c3ccc(Br)cc3)cc2)cc1. The molecule has 0 saturated heterocycles. The Morgan fingerprint density at radius 1 is 0.800 bits per heavy atom. The van der Waals surface area contributed by atoms with Crippen LogP contribution in [-0.4, -0.2) is 11.8 Å². The largest absolute Gasteiger partial charge is 0.423 e. The maximum atomic E-state index is 12.4. The number of hydrogen-bond donors (Lipinski definition) is 0. The van der Waals surface area contributed by atoms with Gasteiger partial charge < -0.3 is 4.74 Å². The Morgan fingerprint density at radius 2 is 1.37 bits per heavy atom. The molecule has 0 saturated carbocycles. The van der Waals surface area contributed by atoms with Crippen LogP contribution in [0.2, 0.25) is 0 Å². The predicted octanol–water partition coefficient (Wildman–Crippen LogP) is 6.86. The van der Waals surface area contributed by atoms with Crippen molar-refractivity contribution in [3.05, 3.63) is 106 Å². The average Bonchev–Trinajstić information content (AvgIpc) is 2.73. The first-order valence-corrected chi connectivity index (χ1v) is 10.4. The van der Waals surface area contributed by atoms with Crippen molar-refractivity contribution in [2.75, 3.05) is 0 Å². The Kier molecular flexibility index (Phi) is 6.68. The fourth-order valence-corrected chi connectivity index (χ4v) is 3.07. The zero-order valence-electron chi connectivity index (χ0n) is 17.2. The Morgan fingerprint density at radius 3 is 1.93 bits per heavy atom. The minimum absolute atomic E-state index is 0.0323. The van der Waals surface area contributed by atoms with Gasteiger partial charge in [-0.05, 0) is 71.1 Å². The van der Waals surface area contributed by atoms with Gasteiger partial charge in [-0.2, -0.15) is 0 Å². The molecule has 0 fully saturated rings. The number of ether oxygens (including phenoxy) is 1. The van der Waals surface area contributed by atoms with Crippen molar-refractivity contribution in [3.8, 4) is 5.75 Å². The third-order valence-electron chi connectivity index (χ3n) is 4.63. The smallest absolute Gasteiger partial charge is 0.343 e. The Hall–Kier alpha value is -2.98. The third-order valence-corrected chi connectivity index (χ3v) is 5.16. The van der Waals surface area contributed by atoms with Gasteiger partial charge in [0.25, 0.3) is 0 Å². The van der Waals surface area contributed by atoms with E-state index in [0.717, 1.165) is 15.6 Å². The fraction of sp³-hybridized carbons (Fsp3) is 0.154. The van der Waals surface area contributed by atoms with E-state index < -0.39 is 5.97 Å². The van der Waals surface area contributed by atoms with Gasteiger partial charge in [0.05, 0.1) is 5.56 Å². The Labute approximate surface area is 185 Å². The summed E-state index contributed by atoms with van der Waals surface area (Å²) < 4.78 is 6.38. The summed E-state index contributed by atoms with van der Waals surface area (Å²) >= 11 is 3.35. The number of carbonyl (C=O) groups is 2. The molecule has 0 aliphatic heterocycles. The lowest BCUT2D eigenvalue weighted by atomic mass is 9.87. The van der Waals surface area contributed by atoms with Gasteiger partial charge >= 0.3 is 5.97 Å². The standard InChI is InChI=1S/C26H23BrO3/c1-26(2,3)21-11-7-20(8-12-21)25(29)30-23-15-4-18(5-16-23)6-17-24(28)19-9-13-22(27)14-10-19/h4-17H,1-3H3/b17-6+. The second-order valence-corrected chi connectivity index (χ2v) is 8.91. The molecule has 30 heavy (non-hydrogen) atoms. The first kappa shape index (κ1) is 21.7. The number of ketones is 1. The van der Waals surface area contributed by atoms with Crippen LogP contribution in [0.25, 0.3) is 6.08 Å². The zero-order chi connectivity index (χ0) is 21.7. The van der Waals surface area contributed by atoms with E-state index >= 15 is 0 Å². The summed E-state index contributed by atoms with van der Waals surface area (Å²) in [6, 6.07) is 21.7. The maximum absolute atomic E-state index is 12.4. The average molecular weight is 463 g/mol. The number of benzene rings is 3. The summed E-state index contributed by atoms with van der Waals surface area (Å²) in [5, 5.41) is 0. The van der Waals surface area contributed by atoms with Crippen LogP contribution in [0.3, 0.4) is 0 Å². The highest BCUT2D eigenvalue weighted by Gasteiger charge is 2.15. The number of halogens is 1. The van der Waals surface area contributed by atoms with Gasteiger partial charge in [-0.1, -0.05) is 67.0 Å². The minimum Gasteiger partial charge on any atom is -0.423 e. The monoisotopic (exact) mass is 462 g/mol. The summed E-state index contributed by atoms with van der Waals surface area (Å²) in [6.45, 7) is 6.38. The molecule has 0 bridgehead atoms. The molecule has 3 nitrogen and oxygen atoms in total. The van der Waals surface area contributed by atoms with E-state index in [1.54, 1.807) is 54.6 Å². The van der Waals surface area contributed by atoms with E-state index in [2.05, 4.69) is 36.7 Å². The summed E-state index contributed by atoms with van der Waals surface area (Å²) in [4.78, 5) is 24.6. The topological polar surface area (TPSA) is 43.4 Å². The lowest BCUT2D eigenvalue weighted by Crippen LogP contribution is -2.12. The molecule has 0 amide bonds. The molecule has 0 spiro atoms. The van der Waals surface area contributed by atoms with E-state index in [4.69, 9.17) is 4.74 Å². The molecule has 0 heterocycles. The van der Waals surface area contributed by atoms with Crippen LogP contribution in [0.4, 0.5) is 0 Å². The zero-order valence-corrected chi connectivity index (χ0v) is 18.8. The maximum Gasteiger partial charge on any atom is 0.343 e. The number of esters is 1. The lowest BCUT2D eigenvalue weighted by molar-refractivity contribution is 0.0734. The fourth-order valence-electron chi connectivity index (χ4n) is 2.80. The van der Waals surface area contributed by atoms with Crippen molar-refractivity contribution >= 4 is 33.8 Å². The lowest BCUT2D eigenvalue weighted by Gasteiger charge is -2.18. The summed E-state index contributed by atoms with van der Waals surface area (Å²) in [5.74, 6) is -0.0165. The first-order valence-electron chi connectivity index (χ1n) is 9.63. The van der Waals surface area contributed by atoms with Gasteiger partial charge in [-0.15, -0.1) is 0 Å². The molecule has 0 aromatic heterocycles. The Bertz CT molecular complexity index is 1060. The van der Waals surface area contributed by atoms with Crippen LogP contribution >= 0.6 is 15.9 Å². The van der Waals surface area contributed by atoms with Gasteiger partial charge in [0.2, 0.25) is 0 Å². The highest BCUT2D eigenvalue weighted by atomic mass is 79.9. The molecule has 0 N–H and O–H groups in total. The van der Waals surface area contributed by atoms with E-state index in [9.17, 15) is 9.59 Å². The van der Waals surface area contributed by atoms with Gasteiger partial charge in [-0.3, -0.25) is 4.79 Å². The van der Waals surface area contributed by atoms with Crippen LogP contribution < -0.4 is 4.74 Å². The highest BCUT2D eigenvalue weighted by Crippen LogP contribution is 2.23. The van der Waals surface area contributed by atoms with Gasteiger partial charge in [0, 0.05) is 10.0 Å². The summed E-state index contributed by atoms with van der Waals surface area (Å²) in [7, 11) is 0. The number of allylic oxidation sites excluding steroid dienone is 1. The second-order valence-electron chi connectivity index (χ2n) is 7.99. The molecule has 0 aliphatic rings. The van der Waals surface area contributed by atoms with E-state index in [1.807, 2.05) is 24.3 Å². The van der Waals surface area contributed by atoms with E-state index in [1.165, 1.54) is 6.08 Å². The van der Waals surface area contributed by atoms with Crippen LogP contribution in [0.15, 0.2) is 83.3 Å². The van der Waals surface area contributed by atoms with Crippen molar-refractivity contribution in [3.63, 3.8) is 0 Å². The summed E-state index contributed by atoms with van der Waals surface area (Å²) in [5.41, 5.74) is 3.16. The second kappa shape index (κ2) is 9.23. The first-order chi connectivity index (χ1) is 14.2. The highest BCUT2D eigenvalue weighted by molar-refractivity contribution is 9.10. The van der Waals surface area contributed by atoms with E-state index in [0.29, 0.717) is 16.9 Å². The van der Waals surface area contributed by atoms with E-state index in [-0.39, 0.29) is 11.2 Å². The van der Waals surface area contributed by atoms with Crippen LogP contribution in [-0.2, 0) is 5.41 Å². The molecule has 3 aromatic carbocycles. The molecule has 0 radical (unpaired) electrons. The third kappa shape index (κ3) is 5.77. The number of carbonyl (C=O) groups excluding carboxylic acids is 2. The van der Waals surface area contributed by atoms with Crippen molar-refractivity contribution in [1.29, 1.82) is 0 Å². The minimum atomic E-state index is -0.399. The number of rotatable bonds is 5. The molecule has 4 heteroatoms. The van der Waals surface area contributed by atoms with Gasteiger partial charge in [0.15, 0.2) is 5.78 Å².